The first-order chi connectivity index (χ1) is 8.80. The second kappa shape index (κ2) is 5.41. The topological polar surface area (TPSA) is 33.6 Å². The first-order valence-electron chi connectivity index (χ1n) is 7.36. The molecular formula is C14H24N2OS. The van der Waals surface area contributed by atoms with Crippen LogP contribution < -0.4 is 5.32 Å². The number of ether oxygens (including phenoxy) is 1. The van der Waals surface area contributed by atoms with Crippen molar-refractivity contribution in [3.05, 3.63) is 0 Å². The molecule has 4 heteroatoms. The zero-order valence-electron chi connectivity index (χ0n) is 11.3. The number of aliphatic imine (C=N–C) groups is 1. The molecule has 18 heavy (non-hydrogen) atoms. The van der Waals surface area contributed by atoms with Gasteiger partial charge in [0, 0.05) is 19.0 Å². The van der Waals surface area contributed by atoms with Crippen molar-refractivity contribution < 1.29 is 4.74 Å². The molecule has 2 heterocycles. The minimum absolute atomic E-state index is 0.291. The third-order valence-electron chi connectivity index (χ3n) is 4.38. The highest BCUT2D eigenvalue weighted by molar-refractivity contribution is 8.14. The number of nitrogens with one attached hydrogen (secondary N) is 1. The van der Waals surface area contributed by atoms with Crippen molar-refractivity contribution in [1.82, 2.24) is 5.32 Å². The molecule has 1 spiro atoms. The van der Waals surface area contributed by atoms with Crippen LogP contribution in [0.3, 0.4) is 0 Å². The molecular weight excluding hydrogens is 244 g/mol. The van der Waals surface area contributed by atoms with Gasteiger partial charge in [-0.25, -0.2) is 0 Å². The van der Waals surface area contributed by atoms with Crippen LogP contribution >= 0.6 is 11.8 Å². The monoisotopic (exact) mass is 268 g/mol. The highest BCUT2D eigenvalue weighted by Crippen LogP contribution is 2.36. The van der Waals surface area contributed by atoms with Crippen molar-refractivity contribution in [2.24, 2.45) is 10.9 Å². The first kappa shape index (κ1) is 12.8. The highest BCUT2D eigenvalue weighted by Gasteiger charge is 2.39. The maximum absolute atomic E-state index is 5.47. The van der Waals surface area contributed by atoms with E-state index in [0.717, 1.165) is 32.0 Å². The fourth-order valence-electron chi connectivity index (χ4n) is 2.82. The van der Waals surface area contributed by atoms with Crippen LogP contribution in [0.5, 0.6) is 0 Å². The average molecular weight is 268 g/mol. The Balaban J connectivity index is 1.58. The van der Waals surface area contributed by atoms with Crippen molar-refractivity contribution in [2.75, 3.05) is 19.0 Å². The lowest BCUT2D eigenvalue weighted by Crippen LogP contribution is -2.48. The van der Waals surface area contributed by atoms with Crippen LogP contribution in [0, 0.1) is 5.92 Å². The lowest BCUT2D eigenvalue weighted by Gasteiger charge is -2.32. The molecule has 1 unspecified atom stereocenters. The molecule has 1 atom stereocenters. The smallest absolute Gasteiger partial charge is 0.157 e. The van der Waals surface area contributed by atoms with Crippen LogP contribution in [0.15, 0.2) is 4.99 Å². The Labute approximate surface area is 114 Å². The summed E-state index contributed by atoms with van der Waals surface area (Å²) in [4.78, 5) is 4.95. The van der Waals surface area contributed by atoms with E-state index in [1.807, 2.05) is 11.8 Å². The van der Waals surface area contributed by atoms with E-state index >= 15 is 0 Å². The molecule has 3 fully saturated rings. The van der Waals surface area contributed by atoms with Gasteiger partial charge in [0.25, 0.3) is 0 Å². The Morgan fingerprint density at radius 3 is 2.89 bits per heavy atom. The fourth-order valence-corrected chi connectivity index (χ4v) is 4.11. The van der Waals surface area contributed by atoms with Gasteiger partial charge in [0.15, 0.2) is 5.17 Å². The third kappa shape index (κ3) is 3.02. The Hall–Kier alpha value is -0.220. The first-order valence-corrected chi connectivity index (χ1v) is 8.35. The maximum Gasteiger partial charge on any atom is 0.157 e. The predicted molar refractivity (Wildman–Crippen MR) is 77.2 cm³/mol. The lowest BCUT2D eigenvalue weighted by atomic mass is 9.93. The summed E-state index contributed by atoms with van der Waals surface area (Å²) in [6.45, 7) is 4.07. The molecule has 0 radical (unpaired) electrons. The summed E-state index contributed by atoms with van der Waals surface area (Å²) in [6, 6.07) is 0.544. The number of thioether (sulfide) groups is 1. The standard InChI is InChI=1S/C14H24N2OS/c1-2-12(9-11-3-4-11)15-13-16-14(10-18-13)5-7-17-8-6-14/h11-12H,2-10H2,1H3,(H,15,16). The normalized spacial score (nSPS) is 30.6. The zero-order chi connectivity index (χ0) is 12.4. The molecule has 2 aliphatic heterocycles. The van der Waals surface area contributed by atoms with Crippen molar-refractivity contribution in [3.63, 3.8) is 0 Å². The van der Waals surface area contributed by atoms with Crippen molar-refractivity contribution in [1.29, 1.82) is 0 Å². The zero-order valence-corrected chi connectivity index (χ0v) is 12.1. The molecule has 0 aromatic rings. The van der Waals surface area contributed by atoms with Crippen molar-refractivity contribution in [3.8, 4) is 0 Å². The molecule has 1 saturated carbocycles. The van der Waals surface area contributed by atoms with E-state index in [2.05, 4.69) is 12.2 Å². The predicted octanol–water partition coefficient (Wildman–Crippen LogP) is 2.81. The Morgan fingerprint density at radius 2 is 2.22 bits per heavy atom. The van der Waals surface area contributed by atoms with Crippen LogP contribution in [-0.2, 0) is 4.74 Å². The molecule has 1 N–H and O–H groups in total. The van der Waals surface area contributed by atoms with Crippen molar-refractivity contribution in [2.45, 2.75) is 57.0 Å². The minimum Gasteiger partial charge on any atom is -0.381 e. The van der Waals surface area contributed by atoms with Gasteiger partial charge in [-0.1, -0.05) is 31.5 Å². The number of rotatable bonds is 4. The molecule has 3 aliphatic rings. The van der Waals surface area contributed by atoms with E-state index in [9.17, 15) is 0 Å². The SMILES string of the molecule is CCC(CC1CC1)N=C1NC2(CCOCC2)CS1. The van der Waals surface area contributed by atoms with Gasteiger partial charge in [-0.15, -0.1) is 0 Å². The van der Waals surface area contributed by atoms with Gasteiger partial charge in [0.2, 0.25) is 0 Å². The fraction of sp³-hybridized carbons (Fsp3) is 0.929. The maximum atomic E-state index is 5.47. The van der Waals surface area contributed by atoms with Crippen LogP contribution in [0.4, 0.5) is 0 Å². The summed E-state index contributed by atoms with van der Waals surface area (Å²) in [5.74, 6) is 2.15. The minimum atomic E-state index is 0.291. The largest absolute Gasteiger partial charge is 0.381 e. The third-order valence-corrected chi connectivity index (χ3v) is 5.56. The van der Waals surface area contributed by atoms with E-state index in [-0.39, 0.29) is 0 Å². The Kier molecular flexibility index (Phi) is 3.85. The second-order valence-electron chi connectivity index (χ2n) is 5.98. The van der Waals surface area contributed by atoms with Gasteiger partial charge in [0.1, 0.15) is 0 Å². The van der Waals surface area contributed by atoms with E-state index in [4.69, 9.17) is 9.73 Å². The van der Waals surface area contributed by atoms with Crippen molar-refractivity contribution >= 4 is 16.9 Å². The molecule has 1 aliphatic carbocycles. The summed E-state index contributed by atoms with van der Waals surface area (Å²) in [6.07, 6.45) is 7.62. The van der Waals surface area contributed by atoms with E-state index in [0.29, 0.717) is 11.6 Å². The van der Waals surface area contributed by atoms with Gasteiger partial charge >= 0.3 is 0 Å². The molecule has 0 bridgehead atoms. The summed E-state index contributed by atoms with van der Waals surface area (Å²) in [5.41, 5.74) is 0.291. The second-order valence-corrected chi connectivity index (χ2v) is 6.95. The average Bonchev–Trinajstić information content (AvgIpc) is 3.13. The van der Waals surface area contributed by atoms with Gasteiger partial charge in [0.05, 0.1) is 11.6 Å². The van der Waals surface area contributed by atoms with Crippen LogP contribution in [0.1, 0.15) is 45.4 Å². The summed E-state index contributed by atoms with van der Waals surface area (Å²) < 4.78 is 5.47. The lowest BCUT2D eigenvalue weighted by molar-refractivity contribution is 0.0555. The molecule has 0 aromatic heterocycles. The van der Waals surface area contributed by atoms with E-state index in [1.54, 1.807) is 0 Å². The van der Waals surface area contributed by atoms with Gasteiger partial charge in [-0.2, -0.15) is 0 Å². The molecule has 3 nitrogen and oxygen atoms in total. The number of amidine groups is 1. The van der Waals surface area contributed by atoms with Crippen LogP contribution in [0.25, 0.3) is 0 Å². The molecule has 3 rings (SSSR count). The molecule has 0 aromatic carbocycles. The summed E-state index contributed by atoms with van der Waals surface area (Å²) >= 11 is 1.92. The van der Waals surface area contributed by atoms with E-state index in [1.165, 1.54) is 36.6 Å². The van der Waals surface area contributed by atoms with E-state index < -0.39 is 0 Å². The summed E-state index contributed by atoms with van der Waals surface area (Å²) in [5, 5.41) is 4.90. The van der Waals surface area contributed by atoms with Gasteiger partial charge in [-0.3, -0.25) is 4.99 Å². The molecule has 2 saturated heterocycles. The molecule has 0 amide bonds. The van der Waals surface area contributed by atoms with Crippen LogP contribution in [-0.4, -0.2) is 35.7 Å². The highest BCUT2D eigenvalue weighted by atomic mass is 32.2. The Bertz CT molecular complexity index is 322. The number of hydrogen-bond acceptors (Lipinski definition) is 3. The van der Waals surface area contributed by atoms with Crippen LogP contribution in [0.2, 0.25) is 0 Å². The Morgan fingerprint density at radius 1 is 1.44 bits per heavy atom. The number of nitrogens with zero attached hydrogens (tertiary/aromatic N) is 1. The molecule has 102 valence electrons. The number of hydrogen-bond donors (Lipinski definition) is 1. The quantitative estimate of drug-likeness (QED) is 0.851. The summed E-state index contributed by atoms with van der Waals surface area (Å²) in [7, 11) is 0. The van der Waals surface area contributed by atoms with Gasteiger partial charge in [-0.05, 0) is 31.6 Å². The van der Waals surface area contributed by atoms with Gasteiger partial charge < -0.3 is 10.1 Å².